The van der Waals surface area contributed by atoms with Gasteiger partial charge in [0.2, 0.25) is 0 Å². The van der Waals surface area contributed by atoms with Crippen molar-refractivity contribution in [2.24, 2.45) is 0 Å². The van der Waals surface area contributed by atoms with E-state index >= 15 is 0 Å². The van der Waals surface area contributed by atoms with Crippen molar-refractivity contribution in [1.29, 1.82) is 0 Å². The minimum absolute atomic E-state index is 0.0734. The first-order valence-corrected chi connectivity index (χ1v) is 6.47. The highest BCUT2D eigenvalue weighted by molar-refractivity contribution is 5.78. The Bertz CT molecular complexity index is 746. The van der Waals surface area contributed by atoms with Crippen LogP contribution in [-0.2, 0) is 6.54 Å². The van der Waals surface area contributed by atoms with Gasteiger partial charge in [0.25, 0.3) is 5.82 Å². The summed E-state index contributed by atoms with van der Waals surface area (Å²) in [5, 5.41) is 9.29. The van der Waals surface area contributed by atoms with E-state index in [0.29, 0.717) is 12.2 Å². The van der Waals surface area contributed by atoms with Gasteiger partial charge in [-0.15, -0.1) is 0 Å². The molecule has 6 N–H and O–H groups in total. The molecule has 0 unspecified atom stereocenters. The molecule has 0 bridgehead atoms. The molecule has 5 heteroatoms. The van der Waals surface area contributed by atoms with Gasteiger partial charge in [0.15, 0.2) is 11.0 Å². The smallest absolute Gasteiger partial charge is 0.287 e. The number of nitrogens with zero attached hydrogens (tertiary/aromatic N) is 1. The zero-order valence-electron chi connectivity index (χ0n) is 11.0. The lowest BCUT2D eigenvalue weighted by Crippen LogP contribution is -2.36. The summed E-state index contributed by atoms with van der Waals surface area (Å²) in [7, 11) is 0. The van der Waals surface area contributed by atoms with Gasteiger partial charge in [-0.3, -0.25) is 0 Å². The molecule has 3 aromatic rings. The first-order chi connectivity index (χ1) is 9.69. The van der Waals surface area contributed by atoms with Crippen molar-refractivity contribution in [3.63, 3.8) is 0 Å². The van der Waals surface area contributed by atoms with Gasteiger partial charge in [0, 0.05) is 17.4 Å². The van der Waals surface area contributed by atoms with E-state index in [4.69, 9.17) is 11.5 Å². The van der Waals surface area contributed by atoms with Gasteiger partial charge < -0.3 is 16.6 Å². The SMILES string of the molecule is Nc1ccc(-c2[nH]c3cc(N)ccc3[n+]2CCO)cc1. The lowest BCUT2D eigenvalue weighted by molar-refractivity contribution is -0.661. The lowest BCUT2D eigenvalue weighted by atomic mass is 10.2. The number of fused-ring (bicyclic) bond motifs is 1. The Balaban J connectivity index is 2.22. The highest BCUT2D eigenvalue weighted by Crippen LogP contribution is 2.21. The molecule has 0 fully saturated rings. The van der Waals surface area contributed by atoms with Gasteiger partial charge in [-0.25, -0.2) is 9.55 Å². The van der Waals surface area contributed by atoms with Crippen LogP contribution in [0.5, 0.6) is 0 Å². The average Bonchev–Trinajstić information content (AvgIpc) is 2.78. The lowest BCUT2D eigenvalue weighted by Gasteiger charge is -2.00. The van der Waals surface area contributed by atoms with Gasteiger partial charge in [0.05, 0.1) is 12.2 Å². The predicted octanol–water partition coefficient (Wildman–Crippen LogP) is 1.28. The Kier molecular flexibility index (Phi) is 3.04. The highest BCUT2D eigenvalue weighted by atomic mass is 16.3. The summed E-state index contributed by atoms with van der Waals surface area (Å²) in [6.45, 7) is 0.591. The van der Waals surface area contributed by atoms with Crippen molar-refractivity contribution >= 4 is 22.4 Å². The minimum Gasteiger partial charge on any atom is -0.399 e. The molecule has 0 aliphatic rings. The Morgan fingerprint density at radius 2 is 1.70 bits per heavy atom. The minimum atomic E-state index is 0.0734. The molecule has 1 heterocycles. The Morgan fingerprint density at radius 3 is 2.40 bits per heavy atom. The highest BCUT2D eigenvalue weighted by Gasteiger charge is 2.19. The number of aliphatic hydroxyl groups excluding tert-OH is 1. The molecule has 5 nitrogen and oxygen atoms in total. The number of aliphatic hydroxyl groups is 1. The zero-order valence-corrected chi connectivity index (χ0v) is 11.0. The molecule has 1 aromatic heterocycles. The number of nitrogens with two attached hydrogens (primary N) is 2. The molecule has 0 amide bonds. The third-order valence-electron chi connectivity index (χ3n) is 3.34. The van der Waals surface area contributed by atoms with Crippen LogP contribution in [0.4, 0.5) is 11.4 Å². The largest absolute Gasteiger partial charge is 0.399 e. The van der Waals surface area contributed by atoms with E-state index in [1.807, 2.05) is 47.0 Å². The third-order valence-corrected chi connectivity index (χ3v) is 3.34. The summed E-state index contributed by atoms with van der Waals surface area (Å²) in [6.07, 6.45) is 0. The molecule has 0 saturated carbocycles. The van der Waals surface area contributed by atoms with Crippen LogP contribution in [0.2, 0.25) is 0 Å². The molecule has 0 saturated heterocycles. The summed E-state index contributed by atoms with van der Waals surface area (Å²) in [5.41, 5.74) is 16.0. The van der Waals surface area contributed by atoms with E-state index < -0.39 is 0 Å². The Hall–Kier alpha value is -2.53. The Morgan fingerprint density at radius 1 is 1.00 bits per heavy atom. The van der Waals surface area contributed by atoms with Crippen LogP contribution in [0.25, 0.3) is 22.4 Å². The van der Waals surface area contributed by atoms with Gasteiger partial charge in [-0.05, 0) is 36.4 Å². The monoisotopic (exact) mass is 269 g/mol. The van der Waals surface area contributed by atoms with Crippen LogP contribution in [-0.4, -0.2) is 16.7 Å². The molecule has 0 aliphatic carbocycles. The number of aromatic nitrogens is 2. The molecular formula is C15H17N4O+. The molecule has 2 aromatic carbocycles. The fraction of sp³-hybridized carbons (Fsp3) is 0.133. The number of imidazole rings is 1. The standard InChI is InChI=1S/C15H16N4O/c16-11-3-1-10(2-4-11)15-18-13-9-12(17)5-6-14(13)19(15)7-8-20/h1-6,9,20H,7-8,17H2,(H2,16,18)/p+1. The van der Waals surface area contributed by atoms with E-state index in [0.717, 1.165) is 28.1 Å². The zero-order chi connectivity index (χ0) is 14.1. The number of nitrogen functional groups attached to an aromatic ring is 2. The third kappa shape index (κ3) is 2.08. The second kappa shape index (κ2) is 4.86. The second-order valence-corrected chi connectivity index (χ2v) is 4.75. The number of H-pyrrole nitrogens is 1. The maximum atomic E-state index is 9.29. The predicted molar refractivity (Wildman–Crippen MR) is 79.8 cm³/mol. The Labute approximate surface area is 116 Å². The first kappa shape index (κ1) is 12.5. The van der Waals surface area contributed by atoms with Crippen LogP contribution in [0.3, 0.4) is 0 Å². The molecule has 0 aliphatic heterocycles. The summed E-state index contributed by atoms with van der Waals surface area (Å²) in [4.78, 5) is 3.36. The molecular weight excluding hydrogens is 252 g/mol. The summed E-state index contributed by atoms with van der Waals surface area (Å²) < 4.78 is 2.04. The molecule has 102 valence electrons. The number of anilines is 2. The normalized spacial score (nSPS) is 11.1. The van der Waals surface area contributed by atoms with Gasteiger partial charge >= 0.3 is 0 Å². The van der Waals surface area contributed by atoms with E-state index in [-0.39, 0.29) is 6.61 Å². The quantitative estimate of drug-likeness (QED) is 0.426. The molecule has 20 heavy (non-hydrogen) atoms. The van der Waals surface area contributed by atoms with E-state index in [2.05, 4.69) is 4.98 Å². The van der Waals surface area contributed by atoms with Crippen molar-refractivity contribution in [3.05, 3.63) is 42.5 Å². The first-order valence-electron chi connectivity index (χ1n) is 6.47. The summed E-state index contributed by atoms with van der Waals surface area (Å²) >= 11 is 0. The number of benzene rings is 2. The van der Waals surface area contributed by atoms with Crippen molar-refractivity contribution in [2.75, 3.05) is 18.1 Å². The number of hydrogen-bond acceptors (Lipinski definition) is 3. The molecule has 0 spiro atoms. The second-order valence-electron chi connectivity index (χ2n) is 4.75. The van der Waals surface area contributed by atoms with Crippen LogP contribution in [0.1, 0.15) is 0 Å². The van der Waals surface area contributed by atoms with Crippen molar-refractivity contribution < 1.29 is 9.67 Å². The fourth-order valence-corrected chi connectivity index (χ4v) is 2.41. The van der Waals surface area contributed by atoms with Crippen molar-refractivity contribution in [1.82, 2.24) is 4.98 Å². The van der Waals surface area contributed by atoms with E-state index in [1.54, 1.807) is 0 Å². The van der Waals surface area contributed by atoms with Gasteiger partial charge in [-0.1, -0.05) is 0 Å². The van der Waals surface area contributed by atoms with Crippen LogP contribution in [0.15, 0.2) is 42.5 Å². The number of hydrogen-bond donors (Lipinski definition) is 4. The van der Waals surface area contributed by atoms with E-state index in [9.17, 15) is 5.11 Å². The topological polar surface area (TPSA) is 91.9 Å². The van der Waals surface area contributed by atoms with Crippen molar-refractivity contribution in [3.8, 4) is 11.4 Å². The summed E-state index contributed by atoms with van der Waals surface area (Å²) in [5.74, 6) is 0.930. The summed E-state index contributed by atoms with van der Waals surface area (Å²) in [6, 6.07) is 13.3. The average molecular weight is 269 g/mol. The van der Waals surface area contributed by atoms with Crippen molar-refractivity contribution in [2.45, 2.75) is 6.54 Å². The van der Waals surface area contributed by atoms with Gasteiger partial charge in [-0.2, -0.15) is 0 Å². The fourth-order valence-electron chi connectivity index (χ4n) is 2.41. The maximum Gasteiger partial charge on any atom is 0.287 e. The maximum absolute atomic E-state index is 9.29. The van der Waals surface area contributed by atoms with Crippen LogP contribution < -0.4 is 16.0 Å². The molecule has 0 atom stereocenters. The number of nitrogens with one attached hydrogen (secondary N) is 1. The number of rotatable bonds is 3. The number of aromatic amines is 1. The van der Waals surface area contributed by atoms with Crippen LogP contribution >= 0.6 is 0 Å². The van der Waals surface area contributed by atoms with Gasteiger partial charge in [0.1, 0.15) is 6.54 Å². The molecule has 0 radical (unpaired) electrons. The van der Waals surface area contributed by atoms with E-state index in [1.165, 1.54) is 0 Å². The van der Waals surface area contributed by atoms with Crippen LogP contribution in [0, 0.1) is 0 Å². The molecule has 3 rings (SSSR count).